The number of nitrogens with zero attached hydrogens (tertiary/aromatic N) is 1. The van der Waals surface area contributed by atoms with Crippen LogP contribution in [0.1, 0.15) is 21.5 Å². The summed E-state index contributed by atoms with van der Waals surface area (Å²) in [5.41, 5.74) is 9.62. The molecule has 0 spiro atoms. The lowest BCUT2D eigenvalue weighted by molar-refractivity contribution is 0.0780. The Bertz CT molecular complexity index is 607. The minimum Gasteiger partial charge on any atom is -0.398 e. The molecule has 0 fully saturated rings. The molecule has 3 nitrogen and oxygen atoms in total. The number of nitrogen functional groups attached to an aromatic ring is 1. The average Bonchev–Trinajstić information content (AvgIpc) is 2.77. The van der Waals surface area contributed by atoms with Crippen LogP contribution in [0.3, 0.4) is 0 Å². The van der Waals surface area contributed by atoms with E-state index in [1.807, 2.05) is 41.3 Å². The number of carbonyl (C=O) groups excluding carboxylic acids is 1. The number of nitrogens with two attached hydrogens (primary N) is 1. The molecule has 2 aromatic carbocycles. The average molecular weight is 252 g/mol. The Morgan fingerprint density at radius 3 is 2.58 bits per heavy atom. The summed E-state index contributed by atoms with van der Waals surface area (Å²) >= 11 is 0. The normalized spacial score (nSPS) is 13.7. The third-order valence-electron chi connectivity index (χ3n) is 3.59. The Labute approximate surface area is 112 Å². The fourth-order valence-electron chi connectivity index (χ4n) is 2.50. The highest BCUT2D eigenvalue weighted by Crippen LogP contribution is 2.27. The molecule has 0 saturated heterocycles. The number of benzene rings is 2. The lowest BCUT2D eigenvalue weighted by Gasteiger charge is -2.15. The van der Waals surface area contributed by atoms with E-state index in [1.165, 1.54) is 5.56 Å². The molecule has 1 aliphatic heterocycles. The van der Waals surface area contributed by atoms with Crippen molar-refractivity contribution in [3.63, 3.8) is 0 Å². The molecule has 0 unspecified atom stereocenters. The highest BCUT2D eigenvalue weighted by Gasteiger charge is 2.28. The molecule has 3 heteroatoms. The molecular weight excluding hydrogens is 236 g/mol. The molecule has 96 valence electrons. The smallest absolute Gasteiger partial charge is 0.254 e. The third kappa shape index (κ3) is 2.19. The first kappa shape index (κ1) is 11.8. The topological polar surface area (TPSA) is 46.3 Å². The SMILES string of the molecule is Nc1cccc2c1CN(CCc1ccccc1)C2=O. The van der Waals surface area contributed by atoms with Crippen LogP contribution in [0.2, 0.25) is 0 Å². The molecule has 0 saturated carbocycles. The highest BCUT2D eigenvalue weighted by atomic mass is 16.2. The number of amides is 1. The highest BCUT2D eigenvalue weighted by molar-refractivity contribution is 5.99. The summed E-state index contributed by atoms with van der Waals surface area (Å²) in [6.45, 7) is 1.37. The molecule has 3 rings (SSSR count). The Morgan fingerprint density at radius 1 is 1.05 bits per heavy atom. The van der Waals surface area contributed by atoms with Gasteiger partial charge in [-0.15, -0.1) is 0 Å². The summed E-state index contributed by atoms with van der Waals surface area (Å²) in [5, 5.41) is 0. The third-order valence-corrected chi connectivity index (χ3v) is 3.59. The minimum atomic E-state index is 0.0956. The zero-order valence-electron chi connectivity index (χ0n) is 10.7. The van der Waals surface area contributed by atoms with Crippen LogP contribution in [-0.2, 0) is 13.0 Å². The molecular formula is C16H16N2O. The second-order valence-corrected chi connectivity index (χ2v) is 4.84. The van der Waals surface area contributed by atoms with Gasteiger partial charge >= 0.3 is 0 Å². The number of hydrogen-bond acceptors (Lipinski definition) is 2. The van der Waals surface area contributed by atoms with Crippen molar-refractivity contribution in [3.8, 4) is 0 Å². The molecule has 2 aromatic rings. The second-order valence-electron chi connectivity index (χ2n) is 4.84. The van der Waals surface area contributed by atoms with Crippen molar-refractivity contribution in [2.45, 2.75) is 13.0 Å². The predicted octanol–water partition coefficient (Wildman–Crippen LogP) is 2.47. The number of fused-ring (bicyclic) bond motifs is 1. The lowest BCUT2D eigenvalue weighted by Crippen LogP contribution is -2.26. The first-order valence-corrected chi connectivity index (χ1v) is 6.46. The minimum absolute atomic E-state index is 0.0956. The lowest BCUT2D eigenvalue weighted by atomic mass is 10.1. The first-order chi connectivity index (χ1) is 9.25. The van der Waals surface area contributed by atoms with Gasteiger partial charge in [0.2, 0.25) is 0 Å². The van der Waals surface area contributed by atoms with Crippen molar-refractivity contribution in [2.75, 3.05) is 12.3 Å². The van der Waals surface area contributed by atoms with E-state index < -0.39 is 0 Å². The van der Waals surface area contributed by atoms with Gasteiger partial charge in [0.05, 0.1) is 0 Å². The molecule has 0 atom stereocenters. The van der Waals surface area contributed by atoms with Crippen LogP contribution >= 0.6 is 0 Å². The number of rotatable bonds is 3. The summed E-state index contributed by atoms with van der Waals surface area (Å²) in [6, 6.07) is 15.8. The van der Waals surface area contributed by atoms with Crippen LogP contribution in [0, 0.1) is 0 Å². The molecule has 0 aliphatic carbocycles. The van der Waals surface area contributed by atoms with E-state index in [-0.39, 0.29) is 5.91 Å². The van der Waals surface area contributed by atoms with Gasteiger partial charge in [0.25, 0.3) is 5.91 Å². The number of anilines is 1. The molecule has 2 N–H and O–H groups in total. The fraction of sp³-hybridized carbons (Fsp3) is 0.188. The Hall–Kier alpha value is -2.29. The summed E-state index contributed by atoms with van der Waals surface area (Å²) in [6.07, 6.45) is 0.875. The standard InChI is InChI=1S/C16H16N2O/c17-15-8-4-7-13-14(15)11-18(16(13)19)10-9-12-5-2-1-3-6-12/h1-8H,9-11,17H2. The Morgan fingerprint density at radius 2 is 1.84 bits per heavy atom. The second kappa shape index (κ2) is 4.76. The molecule has 0 aromatic heterocycles. The van der Waals surface area contributed by atoms with Gasteiger partial charge in [0.15, 0.2) is 0 Å². The maximum absolute atomic E-state index is 12.2. The van der Waals surface area contributed by atoms with Crippen molar-refractivity contribution in [2.24, 2.45) is 0 Å². The number of carbonyl (C=O) groups is 1. The molecule has 19 heavy (non-hydrogen) atoms. The molecule has 1 heterocycles. The predicted molar refractivity (Wildman–Crippen MR) is 75.7 cm³/mol. The summed E-state index contributed by atoms with van der Waals surface area (Å²) in [5.74, 6) is 0.0956. The monoisotopic (exact) mass is 252 g/mol. The van der Waals surface area contributed by atoms with E-state index in [4.69, 9.17) is 5.73 Å². The first-order valence-electron chi connectivity index (χ1n) is 6.46. The van der Waals surface area contributed by atoms with Crippen molar-refractivity contribution in [3.05, 3.63) is 65.2 Å². The van der Waals surface area contributed by atoms with Crippen LogP contribution < -0.4 is 5.73 Å². The van der Waals surface area contributed by atoms with Crippen LogP contribution in [0.4, 0.5) is 5.69 Å². The van der Waals surface area contributed by atoms with Gasteiger partial charge < -0.3 is 10.6 Å². The molecule has 0 bridgehead atoms. The Kier molecular flexibility index (Phi) is 2.95. The van der Waals surface area contributed by atoms with Gasteiger partial charge in [0.1, 0.15) is 0 Å². The largest absolute Gasteiger partial charge is 0.398 e. The van der Waals surface area contributed by atoms with E-state index in [0.29, 0.717) is 12.2 Å². The van der Waals surface area contributed by atoms with Crippen molar-refractivity contribution in [1.29, 1.82) is 0 Å². The van der Waals surface area contributed by atoms with Gasteiger partial charge in [0, 0.05) is 29.9 Å². The van der Waals surface area contributed by atoms with Gasteiger partial charge in [-0.25, -0.2) is 0 Å². The Balaban J connectivity index is 1.72. The fourth-order valence-corrected chi connectivity index (χ4v) is 2.50. The van der Waals surface area contributed by atoms with E-state index in [0.717, 1.165) is 24.1 Å². The molecule has 0 radical (unpaired) electrons. The van der Waals surface area contributed by atoms with E-state index >= 15 is 0 Å². The number of hydrogen-bond donors (Lipinski definition) is 1. The van der Waals surface area contributed by atoms with Crippen LogP contribution in [0.15, 0.2) is 48.5 Å². The van der Waals surface area contributed by atoms with Crippen LogP contribution in [-0.4, -0.2) is 17.4 Å². The van der Waals surface area contributed by atoms with Crippen LogP contribution in [0.25, 0.3) is 0 Å². The van der Waals surface area contributed by atoms with Gasteiger partial charge in [-0.1, -0.05) is 36.4 Å². The summed E-state index contributed by atoms with van der Waals surface area (Å²) < 4.78 is 0. The zero-order chi connectivity index (χ0) is 13.2. The van der Waals surface area contributed by atoms with Crippen molar-refractivity contribution < 1.29 is 4.79 Å². The van der Waals surface area contributed by atoms with E-state index in [9.17, 15) is 4.79 Å². The zero-order valence-corrected chi connectivity index (χ0v) is 10.7. The maximum Gasteiger partial charge on any atom is 0.254 e. The molecule has 1 aliphatic rings. The van der Waals surface area contributed by atoms with Crippen molar-refractivity contribution >= 4 is 11.6 Å². The van der Waals surface area contributed by atoms with Crippen LogP contribution in [0.5, 0.6) is 0 Å². The van der Waals surface area contributed by atoms with E-state index in [1.54, 1.807) is 0 Å². The summed E-state index contributed by atoms with van der Waals surface area (Å²) in [4.78, 5) is 14.1. The van der Waals surface area contributed by atoms with Gasteiger partial charge in [-0.05, 0) is 24.1 Å². The quantitative estimate of drug-likeness (QED) is 0.853. The van der Waals surface area contributed by atoms with Crippen molar-refractivity contribution in [1.82, 2.24) is 4.90 Å². The summed E-state index contributed by atoms with van der Waals surface area (Å²) in [7, 11) is 0. The van der Waals surface area contributed by atoms with Gasteiger partial charge in [-0.3, -0.25) is 4.79 Å². The maximum atomic E-state index is 12.2. The molecule has 1 amide bonds. The van der Waals surface area contributed by atoms with Gasteiger partial charge in [-0.2, -0.15) is 0 Å². The van der Waals surface area contributed by atoms with E-state index in [2.05, 4.69) is 12.1 Å².